The molecular formula is C12H11I3NNaO4. The second-order valence-electron chi connectivity index (χ2n) is 3.87. The van der Waals surface area contributed by atoms with Crippen LogP contribution in [0.1, 0.15) is 20.3 Å². The van der Waals surface area contributed by atoms with E-state index in [-0.39, 0.29) is 35.5 Å². The minimum absolute atomic E-state index is 0. The van der Waals surface area contributed by atoms with Gasteiger partial charge in [0.15, 0.2) is 0 Å². The van der Waals surface area contributed by atoms with E-state index in [0.717, 1.165) is 7.14 Å². The van der Waals surface area contributed by atoms with Crippen molar-refractivity contribution in [2.75, 3.05) is 5.32 Å². The number of nitrogens with one attached hydrogen (secondary N) is 1. The zero-order chi connectivity index (χ0) is 15.4. The molecule has 110 valence electrons. The number of amides is 1. The van der Waals surface area contributed by atoms with Crippen molar-refractivity contribution in [1.29, 1.82) is 0 Å². The summed E-state index contributed by atoms with van der Waals surface area (Å²) in [6.45, 7) is 3.13. The van der Waals surface area contributed by atoms with E-state index in [1.807, 2.05) is 28.7 Å². The standard InChI is InChI=1S/C12H12I3NO4.Na/c1-3-8(12(18)19)20-11-7(14)4-6(13)10(9(11)15)16-5(2)17;/h4,8H,3H2,1-2H3,(H,16,17)(H,18,19);/q;+1/p-1. The molecule has 0 saturated carbocycles. The van der Waals surface area contributed by atoms with Gasteiger partial charge in [0, 0.05) is 10.5 Å². The van der Waals surface area contributed by atoms with Crippen LogP contribution in [0.2, 0.25) is 0 Å². The smallest absolute Gasteiger partial charge is 0.546 e. The SMILES string of the molecule is CCC(Oc1c(I)cc(I)c(NC(C)=O)c1I)C(=O)[O-].[Na+]. The molecule has 0 aliphatic rings. The Morgan fingerprint density at radius 2 is 1.90 bits per heavy atom. The molecule has 1 aromatic carbocycles. The van der Waals surface area contributed by atoms with Gasteiger partial charge in [-0.25, -0.2) is 0 Å². The maximum atomic E-state index is 11.2. The third-order valence-corrected chi connectivity index (χ3v) is 5.00. The van der Waals surface area contributed by atoms with Crippen molar-refractivity contribution in [3.05, 3.63) is 16.8 Å². The molecule has 1 rings (SSSR count). The molecule has 1 aromatic rings. The van der Waals surface area contributed by atoms with E-state index >= 15 is 0 Å². The van der Waals surface area contributed by atoms with Crippen molar-refractivity contribution in [3.63, 3.8) is 0 Å². The summed E-state index contributed by atoms with van der Waals surface area (Å²) in [5.74, 6) is -0.995. The predicted octanol–water partition coefficient (Wildman–Crippen LogP) is -0.630. The van der Waals surface area contributed by atoms with Gasteiger partial charge in [-0.05, 0) is 80.3 Å². The summed E-state index contributed by atoms with van der Waals surface area (Å²) >= 11 is 6.22. The Labute approximate surface area is 186 Å². The topological polar surface area (TPSA) is 78.5 Å². The average molecular weight is 637 g/mol. The Hall–Kier alpha value is 1.15. The number of anilines is 1. The summed E-state index contributed by atoms with van der Waals surface area (Å²) in [6, 6.07) is 1.83. The first-order chi connectivity index (χ1) is 9.27. The first-order valence-corrected chi connectivity index (χ1v) is 8.84. The number of hydrogen-bond acceptors (Lipinski definition) is 4. The number of ether oxygens (including phenoxy) is 1. The molecule has 0 heterocycles. The van der Waals surface area contributed by atoms with E-state index in [9.17, 15) is 14.7 Å². The van der Waals surface area contributed by atoms with E-state index in [1.54, 1.807) is 6.92 Å². The van der Waals surface area contributed by atoms with Crippen molar-refractivity contribution < 1.29 is 49.0 Å². The van der Waals surface area contributed by atoms with Crippen LogP contribution in [0.3, 0.4) is 0 Å². The van der Waals surface area contributed by atoms with Crippen LogP contribution in [0, 0.1) is 10.7 Å². The van der Waals surface area contributed by atoms with Gasteiger partial charge in [0.05, 0.1) is 18.8 Å². The number of hydrogen-bond donors (Lipinski definition) is 1. The van der Waals surface area contributed by atoms with Crippen LogP contribution in [-0.2, 0) is 9.59 Å². The average Bonchev–Trinajstić information content (AvgIpc) is 2.33. The maximum Gasteiger partial charge on any atom is 1.00 e. The van der Waals surface area contributed by atoms with Gasteiger partial charge < -0.3 is 20.0 Å². The molecule has 1 atom stereocenters. The fourth-order valence-electron chi connectivity index (χ4n) is 1.41. The fraction of sp³-hybridized carbons (Fsp3) is 0.333. The molecule has 0 saturated heterocycles. The van der Waals surface area contributed by atoms with Crippen LogP contribution >= 0.6 is 67.8 Å². The second-order valence-corrected chi connectivity index (χ2v) is 7.28. The van der Waals surface area contributed by atoms with Crippen LogP contribution in [0.5, 0.6) is 5.75 Å². The molecule has 9 heteroatoms. The Morgan fingerprint density at radius 1 is 1.33 bits per heavy atom. The summed E-state index contributed by atoms with van der Waals surface area (Å²) in [5, 5.41) is 13.7. The molecule has 0 fully saturated rings. The zero-order valence-electron chi connectivity index (χ0n) is 11.6. The number of carboxylic acid groups (broad SMARTS) is 1. The van der Waals surface area contributed by atoms with Crippen molar-refractivity contribution in [1.82, 2.24) is 0 Å². The number of halogens is 3. The predicted molar refractivity (Wildman–Crippen MR) is 98.6 cm³/mol. The minimum atomic E-state index is -1.25. The van der Waals surface area contributed by atoms with Crippen molar-refractivity contribution in [2.45, 2.75) is 26.4 Å². The molecule has 5 nitrogen and oxygen atoms in total. The quantitative estimate of drug-likeness (QED) is 0.345. The van der Waals surface area contributed by atoms with Crippen molar-refractivity contribution in [2.24, 2.45) is 0 Å². The second kappa shape index (κ2) is 10.1. The van der Waals surface area contributed by atoms with Gasteiger partial charge in [-0.2, -0.15) is 0 Å². The van der Waals surface area contributed by atoms with Crippen molar-refractivity contribution in [3.8, 4) is 5.75 Å². The molecular weight excluding hydrogens is 626 g/mol. The molecule has 1 amide bonds. The Kier molecular flexibility index (Phi) is 10.7. The Balaban J connectivity index is 0.00000400. The number of benzene rings is 1. The van der Waals surface area contributed by atoms with E-state index in [0.29, 0.717) is 21.4 Å². The van der Waals surface area contributed by atoms with Crippen LogP contribution in [0.4, 0.5) is 5.69 Å². The summed E-state index contributed by atoms with van der Waals surface area (Å²) in [5.41, 5.74) is 0.627. The zero-order valence-corrected chi connectivity index (χ0v) is 20.1. The molecule has 0 aliphatic heterocycles. The summed E-state index contributed by atoms with van der Waals surface area (Å²) in [7, 11) is 0. The number of carbonyl (C=O) groups is 2. The van der Waals surface area contributed by atoms with E-state index < -0.39 is 12.1 Å². The fourth-order valence-corrected chi connectivity index (χ4v) is 5.31. The van der Waals surface area contributed by atoms with Gasteiger partial charge in [-0.1, -0.05) is 6.92 Å². The molecule has 0 aliphatic carbocycles. The minimum Gasteiger partial charge on any atom is -0.546 e. The molecule has 1 unspecified atom stereocenters. The van der Waals surface area contributed by atoms with Gasteiger partial charge in [-0.15, -0.1) is 0 Å². The summed E-state index contributed by atoms with van der Waals surface area (Å²) in [4.78, 5) is 22.2. The maximum absolute atomic E-state index is 11.2. The number of carboxylic acids is 1. The van der Waals surface area contributed by atoms with E-state index in [1.165, 1.54) is 6.92 Å². The molecule has 21 heavy (non-hydrogen) atoms. The van der Waals surface area contributed by atoms with E-state index in [2.05, 4.69) is 50.5 Å². The molecule has 0 spiro atoms. The van der Waals surface area contributed by atoms with Gasteiger partial charge in [0.1, 0.15) is 11.9 Å². The summed E-state index contributed by atoms with van der Waals surface area (Å²) < 4.78 is 7.85. The molecule has 1 N–H and O–H groups in total. The van der Waals surface area contributed by atoms with Crippen molar-refractivity contribution >= 4 is 85.3 Å². The van der Waals surface area contributed by atoms with Gasteiger partial charge in [0.25, 0.3) is 0 Å². The number of carbonyl (C=O) groups excluding carboxylic acids is 2. The largest absolute Gasteiger partial charge is 1.00 e. The van der Waals surface area contributed by atoms with Crippen LogP contribution < -0.4 is 44.7 Å². The van der Waals surface area contributed by atoms with E-state index in [4.69, 9.17) is 4.74 Å². The van der Waals surface area contributed by atoms with Crippen LogP contribution in [0.25, 0.3) is 0 Å². The normalized spacial score (nSPS) is 11.3. The van der Waals surface area contributed by atoms with Gasteiger partial charge >= 0.3 is 29.6 Å². The third kappa shape index (κ3) is 6.28. The van der Waals surface area contributed by atoms with Gasteiger partial charge in [0.2, 0.25) is 5.91 Å². The Bertz CT molecular complexity index is 554. The Morgan fingerprint density at radius 3 is 2.33 bits per heavy atom. The number of rotatable bonds is 5. The molecule has 0 bridgehead atoms. The molecule has 0 aromatic heterocycles. The van der Waals surface area contributed by atoms with Crippen LogP contribution in [-0.4, -0.2) is 18.0 Å². The third-order valence-electron chi connectivity index (χ3n) is 2.32. The first-order valence-electron chi connectivity index (χ1n) is 5.60. The molecule has 0 radical (unpaired) electrons. The number of aliphatic carboxylic acids is 1. The first kappa shape index (κ1) is 22.1. The monoisotopic (exact) mass is 637 g/mol. The summed E-state index contributed by atoms with van der Waals surface area (Å²) in [6.07, 6.45) is -0.710. The van der Waals surface area contributed by atoms with Gasteiger partial charge in [-0.3, -0.25) is 4.79 Å². The van der Waals surface area contributed by atoms with Crippen LogP contribution in [0.15, 0.2) is 6.07 Å².